The second-order valence-electron chi connectivity index (χ2n) is 2.03. The maximum Gasteiger partial charge on any atom is 0.480 e. The zero-order valence-corrected chi connectivity index (χ0v) is 5.88. The van der Waals surface area contributed by atoms with Crippen LogP contribution in [-0.2, 0) is 0 Å². The molecule has 0 radical (unpaired) electrons. The van der Waals surface area contributed by atoms with E-state index in [2.05, 4.69) is 4.98 Å². The third kappa shape index (κ3) is 2.97. The van der Waals surface area contributed by atoms with Gasteiger partial charge in [0.25, 0.3) is 0 Å². The van der Waals surface area contributed by atoms with Gasteiger partial charge >= 0.3 is 7.12 Å². The maximum atomic E-state index is 8.45. The molecule has 0 aromatic carbocycles. The van der Waals surface area contributed by atoms with E-state index in [1.54, 1.807) is 24.4 Å². The van der Waals surface area contributed by atoms with E-state index >= 15 is 0 Å². The molecule has 3 nitrogen and oxygen atoms in total. The summed E-state index contributed by atoms with van der Waals surface area (Å²) in [6.45, 7) is 0. The molecule has 2 N–H and O–H groups in total. The Morgan fingerprint density at radius 3 is 2.73 bits per heavy atom. The molecule has 0 aliphatic carbocycles. The molecule has 0 saturated heterocycles. The Bertz CT molecular complexity index is 235. The van der Waals surface area contributed by atoms with Crippen LogP contribution in [0.2, 0.25) is 0 Å². The summed E-state index contributed by atoms with van der Waals surface area (Å²) in [5.41, 5.74) is 0.709. The zero-order chi connectivity index (χ0) is 8.10. The highest BCUT2D eigenvalue weighted by atomic mass is 16.4. The summed E-state index contributed by atoms with van der Waals surface area (Å²) in [6, 6.07) is 5.40. The molecule has 0 atom stereocenters. The molecular formula is C7H8BNO2. The highest BCUT2D eigenvalue weighted by molar-refractivity contribution is 6.48. The van der Waals surface area contributed by atoms with E-state index in [9.17, 15) is 0 Å². The second-order valence-corrected chi connectivity index (χ2v) is 2.03. The van der Waals surface area contributed by atoms with Crippen molar-refractivity contribution in [3.05, 3.63) is 36.1 Å². The largest absolute Gasteiger partial charge is 0.480 e. The van der Waals surface area contributed by atoms with Gasteiger partial charge in [-0.15, -0.1) is 0 Å². The van der Waals surface area contributed by atoms with Crippen molar-refractivity contribution >= 4 is 13.2 Å². The minimum absolute atomic E-state index is 0.709. The summed E-state index contributed by atoms with van der Waals surface area (Å²) in [5, 5.41) is 16.9. The lowest BCUT2D eigenvalue weighted by Gasteiger charge is -1.89. The van der Waals surface area contributed by atoms with Crippen molar-refractivity contribution in [3.8, 4) is 0 Å². The van der Waals surface area contributed by atoms with Crippen LogP contribution in [0.15, 0.2) is 30.4 Å². The van der Waals surface area contributed by atoms with Gasteiger partial charge in [0.05, 0.1) is 5.69 Å². The summed E-state index contributed by atoms with van der Waals surface area (Å²) >= 11 is 0. The van der Waals surface area contributed by atoms with Crippen LogP contribution in [0, 0.1) is 0 Å². The Morgan fingerprint density at radius 1 is 1.36 bits per heavy atom. The molecule has 1 aromatic rings. The summed E-state index contributed by atoms with van der Waals surface area (Å²) in [5.74, 6) is 1.25. The van der Waals surface area contributed by atoms with Crippen LogP contribution >= 0.6 is 0 Å². The van der Waals surface area contributed by atoms with E-state index in [0.29, 0.717) is 5.69 Å². The highest BCUT2D eigenvalue weighted by Gasteiger charge is 1.97. The first-order valence-corrected chi connectivity index (χ1v) is 3.24. The van der Waals surface area contributed by atoms with Crippen LogP contribution in [0.3, 0.4) is 0 Å². The molecule has 0 bridgehead atoms. The quantitative estimate of drug-likeness (QED) is 0.586. The number of aromatic nitrogens is 1. The fourth-order valence-electron chi connectivity index (χ4n) is 0.659. The van der Waals surface area contributed by atoms with E-state index < -0.39 is 7.12 Å². The van der Waals surface area contributed by atoms with E-state index in [4.69, 9.17) is 10.0 Å². The molecule has 0 spiro atoms. The minimum Gasteiger partial charge on any atom is -0.424 e. The molecule has 0 saturated carbocycles. The zero-order valence-electron chi connectivity index (χ0n) is 5.88. The third-order valence-corrected chi connectivity index (χ3v) is 1.13. The van der Waals surface area contributed by atoms with Crippen LogP contribution in [0.25, 0.3) is 6.08 Å². The van der Waals surface area contributed by atoms with Crippen molar-refractivity contribution in [1.29, 1.82) is 0 Å². The average molecular weight is 149 g/mol. The Kier molecular flexibility index (Phi) is 2.83. The summed E-state index contributed by atoms with van der Waals surface area (Å²) in [4.78, 5) is 3.94. The Balaban J connectivity index is 2.65. The molecule has 0 aliphatic heterocycles. The van der Waals surface area contributed by atoms with Crippen LogP contribution in [0.1, 0.15) is 5.69 Å². The Morgan fingerprint density at radius 2 is 2.18 bits per heavy atom. The molecule has 11 heavy (non-hydrogen) atoms. The van der Waals surface area contributed by atoms with Crippen molar-refractivity contribution in [2.75, 3.05) is 0 Å². The summed E-state index contributed by atoms with van der Waals surface area (Å²) < 4.78 is 0. The van der Waals surface area contributed by atoms with Crippen molar-refractivity contribution in [2.24, 2.45) is 0 Å². The monoisotopic (exact) mass is 149 g/mol. The van der Waals surface area contributed by atoms with Crippen molar-refractivity contribution < 1.29 is 10.0 Å². The number of hydrogen-bond donors (Lipinski definition) is 2. The minimum atomic E-state index is -1.41. The summed E-state index contributed by atoms with van der Waals surface area (Å²) in [6.07, 6.45) is 3.19. The van der Waals surface area contributed by atoms with Crippen LogP contribution in [-0.4, -0.2) is 22.2 Å². The van der Waals surface area contributed by atoms with E-state index in [1.807, 2.05) is 6.07 Å². The topological polar surface area (TPSA) is 53.4 Å². The molecule has 1 heterocycles. The molecule has 56 valence electrons. The first kappa shape index (κ1) is 7.98. The predicted molar refractivity (Wildman–Crippen MR) is 43.5 cm³/mol. The molecule has 1 rings (SSSR count). The molecule has 0 fully saturated rings. The maximum absolute atomic E-state index is 8.45. The molecule has 4 heteroatoms. The van der Waals surface area contributed by atoms with Gasteiger partial charge in [0.2, 0.25) is 0 Å². The second kappa shape index (κ2) is 3.90. The average Bonchev–Trinajstić information content (AvgIpc) is 2.03. The fourth-order valence-corrected chi connectivity index (χ4v) is 0.659. The summed E-state index contributed by atoms with van der Waals surface area (Å²) in [7, 11) is -1.41. The van der Waals surface area contributed by atoms with Crippen LogP contribution in [0.4, 0.5) is 0 Å². The van der Waals surface area contributed by atoms with Crippen LogP contribution < -0.4 is 0 Å². The van der Waals surface area contributed by atoms with Gasteiger partial charge < -0.3 is 10.0 Å². The van der Waals surface area contributed by atoms with Gasteiger partial charge in [-0.1, -0.05) is 12.0 Å². The molecule has 0 amide bonds. The first-order chi connectivity index (χ1) is 5.29. The van der Waals surface area contributed by atoms with E-state index in [1.165, 1.54) is 5.98 Å². The number of hydrogen-bond acceptors (Lipinski definition) is 3. The Hall–Kier alpha value is -1.13. The lowest BCUT2D eigenvalue weighted by atomic mass is 9.91. The first-order valence-electron chi connectivity index (χ1n) is 3.24. The third-order valence-electron chi connectivity index (χ3n) is 1.13. The van der Waals surface area contributed by atoms with Gasteiger partial charge in [-0.05, 0) is 18.2 Å². The van der Waals surface area contributed by atoms with Gasteiger partial charge in [0.15, 0.2) is 0 Å². The number of pyridine rings is 1. The highest BCUT2D eigenvalue weighted by Crippen LogP contribution is 1.95. The fraction of sp³-hybridized carbons (Fsp3) is 0. The molecule has 0 aliphatic rings. The van der Waals surface area contributed by atoms with Gasteiger partial charge in [-0.3, -0.25) is 4.98 Å². The molecule has 0 unspecified atom stereocenters. The lowest BCUT2D eigenvalue weighted by molar-refractivity contribution is 0.424. The van der Waals surface area contributed by atoms with Gasteiger partial charge in [-0.25, -0.2) is 0 Å². The standard InChI is InChI=1S/C7H8BNO2/c10-8(11)5-4-7-3-1-2-6-9-7/h1-6,10-11H/b5-4+. The van der Waals surface area contributed by atoms with Gasteiger partial charge in [-0.2, -0.15) is 0 Å². The molecular weight excluding hydrogens is 141 g/mol. The smallest absolute Gasteiger partial charge is 0.424 e. The normalized spacial score (nSPS) is 10.4. The van der Waals surface area contributed by atoms with Crippen molar-refractivity contribution in [1.82, 2.24) is 4.98 Å². The van der Waals surface area contributed by atoms with Crippen LogP contribution in [0.5, 0.6) is 0 Å². The van der Waals surface area contributed by atoms with Crippen molar-refractivity contribution in [2.45, 2.75) is 0 Å². The van der Waals surface area contributed by atoms with E-state index in [0.717, 1.165) is 0 Å². The SMILES string of the molecule is OB(O)/C=C/c1ccccn1. The number of nitrogens with zero attached hydrogens (tertiary/aromatic N) is 1. The molecule has 1 aromatic heterocycles. The Labute approximate surface area is 65.2 Å². The van der Waals surface area contributed by atoms with Gasteiger partial charge in [0.1, 0.15) is 0 Å². The van der Waals surface area contributed by atoms with Gasteiger partial charge in [0, 0.05) is 6.20 Å². The predicted octanol–water partition coefficient (Wildman–Crippen LogP) is 0.107. The van der Waals surface area contributed by atoms with E-state index in [-0.39, 0.29) is 0 Å². The lowest BCUT2D eigenvalue weighted by Crippen LogP contribution is -2.05. The van der Waals surface area contributed by atoms with Crippen molar-refractivity contribution in [3.63, 3.8) is 0 Å². The number of rotatable bonds is 2.